The van der Waals surface area contributed by atoms with Gasteiger partial charge in [-0.15, -0.1) is 6.58 Å². The van der Waals surface area contributed by atoms with E-state index in [0.717, 1.165) is 16.5 Å². The van der Waals surface area contributed by atoms with Crippen LogP contribution in [0.25, 0.3) is 16.3 Å². The van der Waals surface area contributed by atoms with E-state index in [1.807, 2.05) is 54.6 Å². The average molecular weight is 384 g/mol. The van der Waals surface area contributed by atoms with Crippen molar-refractivity contribution in [3.63, 3.8) is 0 Å². The van der Waals surface area contributed by atoms with E-state index in [4.69, 9.17) is 4.74 Å². The molecule has 5 nitrogen and oxygen atoms in total. The lowest BCUT2D eigenvalue weighted by Gasteiger charge is -2.13. The maximum atomic E-state index is 13.1. The number of benzene rings is 3. The molecule has 1 heterocycles. The Morgan fingerprint density at radius 1 is 0.966 bits per heavy atom. The first-order valence-electron chi connectivity index (χ1n) is 9.25. The number of fused-ring (bicyclic) bond motifs is 1. The third kappa shape index (κ3) is 3.17. The second-order valence-electron chi connectivity index (χ2n) is 6.61. The highest BCUT2D eigenvalue weighted by Gasteiger charge is 2.39. The van der Waals surface area contributed by atoms with Crippen molar-refractivity contribution in [3.8, 4) is 5.75 Å². The Balaban J connectivity index is 1.89. The summed E-state index contributed by atoms with van der Waals surface area (Å²) in [6.45, 7) is 3.80. The number of amides is 2. The van der Waals surface area contributed by atoms with Crippen molar-refractivity contribution in [1.29, 1.82) is 0 Å². The summed E-state index contributed by atoms with van der Waals surface area (Å²) in [5.41, 5.74) is 1.86. The van der Waals surface area contributed by atoms with Gasteiger partial charge >= 0.3 is 0 Å². The van der Waals surface area contributed by atoms with Crippen LogP contribution < -0.4 is 10.1 Å². The van der Waals surface area contributed by atoms with Gasteiger partial charge in [-0.2, -0.15) is 0 Å². The highest BCUT2D eigenvalue weighted by molar-refractivity contribution is 6.37. The van der Waals surface area contributed by atoms with Crippen molar-refractivity contribution in [2.24, 2.45) is 0 Å². The highest BCUT2D eigenvalue weighted by Crippen LogP contribution is 2.36. The molecule has 3 aromatic carbocycles. The lowest BCUT2D eigenvalue weighted by Crippen LogP contribution is -2.32. The van der Waals surface area contributed by atoms with E-state index >= 15 is 0 Å². The molecule has 0 bridgehead atoms. The number of ether oxygens (including phenoxy) is 1. The van der Waals surface area contributed by atoms with E-state index in [0.29, 0.717) is 16.9 Å². The summed E-state index contributed by atoms with van der Waals surface area (Å²) in [7, 11) is 1.54. The number of hydrogen-bond acceptors (Lipinski definition) is 4. The van der Waals surface area contributed by atoms with Gasteiger partial charge in [0.25, 0.3) is 11.8 Å². The molecule has 1 aliphatic heterocycles. The van der Waals surface area contributed by atoms with Gasteiger partial charge in [0.2, 0.25) is 0 Å². The van der Waals surface area contributed by atoms with Crippen LogP contribution in [0.5, 0.6) is 5.75 Å². The topological polar surface area (TPSA) is 58.6 Å². The molecule has 0 saturated heterocycles. The molecule has 0 unspecified atom stereocenters. The van der Waals surface area contributed by atoms with Crippen LogP contribution in [0.3, 0.4) is 0 Å². The molecule has 3 aromatic rings. The Hall–Kier alpha value is -3.86. The van der Waals surface area contributed by atoms with Crippen molar-refractivity contribution in [2.75, 3.05) is 19.0 Å². The molecule has 0 aromatic heterocycles. The molecule has 144 valence electrons. The summed E-state index contributed by atoms with van der Waals surface area (Å²) >= 11 is 0. The van der Waals surface area contributed by atoms with Gasteiger partial charge in [0.1, 0.15) is 11.4 Å². The van der Waals surface area contributed by atoms with E-state index in [2.05, 4.69) is 11.9 Å². The number of carbonyl (C=O) groups excluding carboxylic acids is 2. The summed E-state index contributed by atoms with van der Waals surface area (Å²) in [5, 5.41) is 5.23. The van der Waals surface area contributed by atoms with Gasteiger partial charge in [-0.1, -0.05) is 60.7 Å². The van der Waals surface area contributed by atoms with Gasteiger partial charge in [-0.3, -0.25) is 14.5 Å². The Kier molecular flexibility index (Phi) is 4.87. The van der Waals surface area contributed by atoms with Crippen LogP contribution in [-0.2, 0) is 9.59 Å². The fourth-order valence-electron chi connectivity index (χ4n) is 3.56. The first kappa shape index (κ1) is 18.5. The van der Waals surface area contributed by atoms with Crippen LogP contribution in [0.15, 0.2) is 85.1 Å². The molecule has 1 aliphatic rings. The van der Waals surface area contributed by atoms with Crippen LogP contribution in [-0.4, -0.2) is 30.4 Å². The SMILES string of the molecule is C=CCN1C(=O)C(Nc2cccc3ccccc23)=C(c2ccccc2OC)C1=O. The number of anilines is 1. The van der Waals surface area contributed by atoms with E-state index in [9.17, 15) is 9.59 Å². The second kappa shape index (κ2) is 7.64. The molecule has 0 fully saturated rings. The lowest BCUT2D eigenvalue weighted by atomic mass is 10.0. The zero-order chi connectivity index (χ0) is 20.4. The van der Waals surface area contributed by atoms with Gasteiger partial charge in [-0.05, 0) is 17.5 Å². The molecule has 2 amide bonds. The first-order chi connectivity index (χ1) is 14.2. The predicted octanol–water partition coefficient (Wildman–Crippen LogP) is 4.23. The predicted molar refractivity (Wildman–Crippen MR) is 114 cm³/mol. The summed E-state index contributed by atoms with van der Waals surface area (Å²) in [5.74, 6) is -0.229. The van der Waals surface area contributed by atoms with Gasteiger partial charge in [0.05, 0.1) is 12.7 Å². The van der Waals surface area contributed by atoms with Crippen molar-refractivity contribution in [3.05, 3.63) is 90.6 Å². The summed E-state index contributed by atoms with van der Waals surface area (Å²) in [6.07, 6.45) is 1.54. The monoisotopic (exact) mass is 384 g/mol. The number of hydrogen-bond donors (Lipinski definition) is 1. The number of para-hydroxylation sites is 1. The fourth-order valence-corrected chi connectivity index (χ4v) is 3.56. The number of imide groups is 1. The van der Waals surface area contributed by atoms with Crippen molar-refractivity contribution in [1.82, 2.24) is 4.90 Å². The van der Waals surface area contributed by atoms with Crippen molar-refractivity contribution < 1.29 is 14.3 Å². The molecule has 29 heavy (non-hydrogen) atoms. The Labute approximate surface area is 168 Å². The molecule has 5 heteroatoms. The van der Waals surface area contributed by atoms with E-state index in [-0.39, 0.29) is 24.1 Å². The molecule has 1 N–H and O–H groups in total. The van der Waals surface area contributed by atoms with E-state index < -0.39 is 0 Å². The quantitative estimate of drug-likeness (QED) is 0.510. The number of methoxy groups -OCH3 is 1. The Morgan fingerprint density at radius 3 is 2.48 bits per heavy atom. The summed E-state index contributed by atoms with van der Waals surface area (Å²) in [6, 6.07) is 20.9. The maximum Gasteiger partial charge on any atom is 0.278 e. The second-order valence-corrected chi connectivity index (χ2v) is 6.61. The molecular weight excluding hydrogens is 364 g/mol. The van der Waals surface area contributed by atoms with Crippen molar-refractivity contribution in [2.45, 2.75) is 0 Å². The van der Waals surface area contributed by atoms with E-state index in [1.165, 1.54) is 11.0 Å². The maximum absolute atomic E-state index is 13.1. The molecule has 0 aliphatic carbocycles. The van der Waals surface area contributed by atoms with Crippen LogP contribution in [0.4, 0.5) is 5.69 Å². The van der Waals surface area contributed by atoms with Gasteiger partial charge < -0.3 is 10.1 Å². The fraction of sp³-hybridized carbons (Fsp3) is 0.0833. The third-order valence-electron chi connectivity index (χ3n) is 4.91. The van der Waals surface area contributed by atoms with Gasteiger partial charge in [0.15, 0.2) is 0 Å². The third-order valence-corrected chi connectivity index (χ3v) is 4.91. The molecule has 0 atom stereocenters. The largest absolute Gasteiger partial charge is 0.496 e. The normalized spacial score (nSPS) is 13.9. The van der Waals surface area contributed by atoms with Crippen LogP contribution in [0.1, 0.15) is 5.56 Å². The number of nitrogens with zero attached hydrogens (tertiary/aromatic N) is 1. The number of nitrogens with one attached hydrogen (secondary N) is 1. The molecule has 0 saturated carbocycles. The standard InChI is InChI=1S/C24H20N2O3/c1-3-15-26-23(27)21(18-12-6-7-14-20(18)29-2)22(24(26)28)25-19-13-8-10-16-9-4-5-11-17(16)19/h3-14,25H,1,15H2,2H3. The minimum absolute atomic E-state index is 0.136. The minimum atomic E-state index is -0.385. The average Bonchev–Trinajstić information content (AvgIpc) is 2.98. The molecule has 0 radical (unpaired) electrons. The van der Waals surface area contributed by atoms with Gasteiger partial charge in [0, 0.05) is 23.2 Å². The number of carbonyl (C=O) groups is 2. The smallest absolute Gasteiger partial charge is 0.278 e. The molecule has 4 rings (SSSR count). The Morgan fingerprint density at radius 2 is 1.69 bits per heavy atom. The first-order valence-corrected chi connectivity index (χ1v) is 9.25. The minimum Gasteiger partial charge on any atom is -0.496 e. The molecule has 0 spiro atoms. The summed E-state index contributed by atoms with van der Waals surface area (Å²) in [4.78, 5) is 27.5. The molecular formula is C24H20N2O3. The highest BCUT2D eigenvalue weighted by atomic mass is 16.5. The van der Waals surface area contributed by atoms with Crippen LogP contribution in [0.2, 0.25) is 0 Å². The Bertz CT molecular complexity index is 1160. The zero-order valence-corrected chi connectivity index (χ0v) is 16.0. The van der Waals surface area contributed by atoms with E-state index in [1.54, 1.807) is 19.2 Å². The number of rotatable bonds is 6. The van der Waals surface area contributed by atoms with Crippen LogP contribution in [0, 0.1) is 0 Å². The summed E-state index contributed by atoms with van der Waals surface area (Å²) < 4.78 is 5.44. The lowest BCUT2D eigenvalue weighted by molar-refractivity contribution is -0.136. The zero-order valence-electron chi connectivity index (χ0n) is 16.0. The van der Waals surface area contributed by atoms with Crippen molar-refractivity contribution >= 4 is 33.8 Å². The van der Waals surface area contributed by atoms with Gasteiger partial charge in [-0.25, -0.2) is 0 Å². The van der Waals surface area contributed by atoms with Crippen LogP contribution >= 0.6 is 0 Å².